The second kappa shape index (κ2) is 10.8. The van der Waals surface area contributed by atoms with E-state index in [-0.39, 0.29) is 13.2 Å². The number of imide groups is 1. The van der Waals surface area contributed by atoms with Crippen LogP contribution in [-0.2, 0) is 14.9 Å². The van der Waals surface area contributed by atoms with Crippen molar-refractivity contribution < 1.29 is 14.3 Å². The first-order chi connectivity index (χ1) is 11.4. The molecule has 1 aliphatic rings. The van der Waals surface area contributed by atoms with Crippen molar-refractivity contribution in [2.45, 2.75) is 59.4 Å². The molecule has 24 heavy (non-hydrogen) atoms. The number of hydrogen-bond acceptors (Lipinski definition) is 4. The van der Waals surface area contributed by atoms with Gasteiger partial charge in [-0.05, 0) is 5.56 Å². The number of carbonyl (C=O) groups excluding carboxylic acids is 2. The van der Waals surface area contributed by atoms with Crippen molar-refractivity contribution in [2.75, 3.05) is 13.2 Å². The van der Waals surface area contributed by atoms with Crippen LogP contribution in [0.15, 0.2) is 30.3 Å². The van der Waals surface area contributed by atoms with Crippen LogP contribution in [0.3, 0.4) is 0 Å². The highest BCUT2D eigenvalue weighted by molar-refractivity contribution is 5.96. The Morgan fingerprint density at radius 2 is 1.75 bits per heavy atom. The molecule has 1 aromatic rings. The first kappa shape index (κ1) is 22.1. The van der Waals surface area contributed by atoms with Crippen LogP contribution in [-0.4, -0.2) is 36.1 Å². The van der Waals surface area contributed by atoms with Gasteiger partial charge in [0.25, 0.3) is 0 Å². The highest BCUT2D eigenvalue weighted by atomic mass is 16.6. The summed E-state index contributed by atoms with van der Waals surface area (Å²) >= 11 is 0. The molecule has 5 nitrogen and oxygen atoms in total. The maximum atomic E-state index is 12.3. The maximum absolute atomic E-state index is 12.3. The van der Waals surface area contributed by atoms with Gasteiger partial charge < -0.3 is 10.5 Å². The van der Waals surface area contributed by atoms with E-state index in [2.05, 4.69) is 13.8 Å². The van der Waals surface area contributed by atoms with Gasteiger partial charge in [0.15, 0.2) is 0 Å². The minimum absolute atomic E-state index is 0.239. The third-order valence-electron chi connectivity index (χ3n) is 3.59. The predicted molar refractivity (Wildman–Crippen MR) is 97.8 cm³/mol. The van der Waals surface area contributed by atoms with Crippen molar-refractivity contribution in [1.29, 1.82) is 0 Å². The van der Waals surface area contributed by atoms with Crippen molar-refractivity contribution in [3.8, 4) is 0 Å². The number of nitrogens with zero attached hydrogens (tertiary/aromatic N) is 1. The molecule has 1 saturated heterocycles. The van der Waals surface area contributed by atoms with Gasteiger partial charge in [0, 0.05) is 5.41 Å². The zero-order valence-electron chi connectivity index (χ0n) is 15.8. The lowest BCUT2D eigenvalue weighted by Gasteiger charge is -2.32. The smallest absolute Gasteiger partial charge is 0.416 e. The number of hydrogen-bond donors (Lipinski definition) is 1. The van der Waals surface area contributed by atoms with Crippen LogP contribution in [0.4, 0.5) is 4.79 Å². The van der Waals surface area contributed by atoms with Crippen molar-refractivity contribution in [3.63, 3.8) is 0 Å². The first-order valence-corrected chi connectivity index (χ1v) is 8.65. The molecule has 1 heterocycles. The monoisotopic (exact) mass is 336 g/mol. The van der Waals surface area contributed by atoms with E-state index in [4.69, 9.17) is 10.5 Å². The fourth-order valence-corrected chi connectivity index (χ4v) is 2.12. The molecule has 0 bridgehead atoms. The van der Waals surface area contributed by atoms with Crippen LogP contribution >= 0.6 is 0 Å². The summed E-state index contributed by atoms with van der Waals surface area (Å²) in [5.74, 6) is -0.392. The fraction of sp³-hybridized carbons (Fsp3) is 0.579. The summed E-state index contributed by atoms with van der Waals surface area (Å²) in [5, 5.41) is 0. The third kappa shape index (κ3) is 5.64. The van der Waals surface area contributed by atoms with Gasteiger partial charge in [0.2, 0.25) is 5.91 Å². The fourth-order valence-electron chi connectivity index (χ4n) is 2.12. The molecule has 0 unspecified atom stereocenters. The molecule has 2 rings (SSSR count). The molecule has 2 amide bonds. The Kier molecular flexibility index (Phi) is 9.97. The number of amides is 2. The molecular weight excluding hydrogens is 304 g/mol. The number of nitrogens with two attached hydrogens (primary N) is 1. The molecule has 1 aromatic carbocycles. The third-order valence-corrected chi connectivity index (χ3v) is 3.59. The lowest BCUT2D eigenvalue weighted by Crippen LogP contribution is -2.53. The van der Waals surface area contributed by atoms with Gasteiger partial charge in [-0.2, -0.15) is 0 Å². The first-order valence-electron chi connectivity index (χ1n) is 8.65. The van der Waals surface area contributed by atoms with E-state index in [9.17, 15) is 9.59 Å². The van der Waals surface area contributed by atoms with Gasteiger partial charge in [0.05, 0.1) is 12.6 Å². The summed E-state index contributed by atoms with van der Waals surface area (Å²) in [5.41, 5.74) is 6.48. The maximum Gasteiger partial charge on any atom is 0.416 e. The van der Waals surface area contributed by atoms with Crippen molar-refractivity contribution in [3.05, 3.63) is 35.9 Å². The van der Waals surface area contributed by atoms with E-state index in [1.54, 1.807) is 0 Å². The molecule has 1 aliphatic heterocycles. The number of cyclic esters (lactones) is 1. The number of rotatable bonds is 3. The lowest BCUT2D eigenvalue weighted by atomic mass is 9.77. The zero-order chi connectivity index (χ0) is 18.8. The van der Waals surface area contributed by atoms with Crippen molar-refractivity contribution >= 4 is 12.0 Å². The van der Waals surface area contributed by atoms with Crippen molar-refractivity contribution in [2.24, 2.45) is 5.73 Å². The predicted octanol–water partition coefficient (Wildman–Crippen LogP) is 3.71. The second-order valence-electron chi connectivity index (χ2n) is 5.88. The molecule has 0 spiro atoms. The molecule has 0 radical (unpaired) electrons. The molecule has 1 atom stereocenters. The van der Waals surface area contributed by atoms with E-state index in [1.165, 1.54) is 6.42 Å². The summed E-state index contributed by atoms with van der Waals surface area (Å²) in [6, 6.07) is 8.77. The average molecular weight is 336 g/mol. The van der Waals surface area contributed by atoms with E-state index in [0.29, 0.717) is 0 Å². The van der Waals surface area contributed by atoms with E-state index in [0.717, 1.165) is 10.5 Å². The standard InChI is InChI=1S/C14H18N2O3.C3H8.C2H6/c1-14(2,10-6-4-3-5-7-10)11(15)12(17)16-8-9-19-13(16)18;1-3-2;1-2/h3-7,11H,8-9,15H2,1-2H3;3H2,1-2H3;1-2H3/t11-;;/m1../s1. The Morgan fingerprint density at radius 1 is 1.25 bits per heavy atom. The Morgan fingerprint density at radius 3 is 2.17 bits per heavy atom. The van der Waals surface area contributed by atoms with E-state index >= 15 is 0 Å². The minimum atomic E-state index is -0.791. The van der Waals surface area contributed by atoms with Crippen molar-refractivity contribution in [1.82, 2.24) is 4.90 Å². The van der Waals surface area contributed by atoms with Crippen LogP contribution in [0.1, 0.15) is 53.5 Å². The zero-order valence-corrected chi connectivity index (χ0v) is 15.8. The Hall–Kier alpha value is -1.88. The molecule has 0 aliphatic carbocycles. The highest BCUT2D eigenvalue weighted by Gasteiger charge is 2.40. The van der Waals surface area contributed by atoms with E-state index in [1.807, 2.05) is 58.0 Å². The molecule has 5 heteroatoms. The van der Waals surface area contributed by atoms with Gasteiger partial charge in [0.1, 0.15) is 6.61 Å². The molecule has 136 valence electrons. The lowest BCUT2D eigenvalue weighted by molar-refractivity contribution is -0.130. The topological polar surface area (TPSA) is 72.6 Å². The van der Waals surface area contributed by atoms with Crippen LogP contribution in [0.25, 0.3) is 0 Å². The second-order valence-corrected chi connectivity index (χ2v) is 5.88. The Labute approximate surface area is 146 Å². The van der Waals surface area contributed by atoms with Gasteiger partial charge in [-0.1, -0.05) is 78.3 Å². The summed E-state index contributed by atoms with van der Waals surface area (Å²) in [6.45, 7) is 12.6. The minimum Gasteiger partial charge on any atom is -0.447 e. The van der Waals surface area contributed by atoms with Gasteiger partial charge in [-0.15, -0.1) is 0 Å². The number of benzene rings is 1. The normalized spacial score (nSPS) is 14.6. The quantitative estimate of drug-likeness (QED) is 0.913. The van der Waals surface area contributed by atoms with Crippen LogP contribution < -0.4 is 5.73 Å². The van der Waals surface area contributed by atoms with E-state index < -0.39 is 23.5 Å². The number of carbonyl (C=O) groups is 2. The van der Waals surface area contributed by atoms with Gasteiger partial charge in [-0.25, -0.2) is 9.69 Å². The Balaban J connectivity index is 0.000000952. The highest BCUT2D eigenvalue weighted by Crippen LogP contribution is 2.27. The summed E-state index contributed by atoms with van der Waals surface area (Å²) < 4.78 is 4.77. The largest absolute Gasteiger partial charge is 0.447 e. The summed E-state index contributed by atoms with van der Waals surface area (Å²) in [6.07, 6.45) is 0.643. The van der Waals surface area contributed by atoms with Crippen LogP contribution in [0.5, 0.6) is 0 Å². The average Bonchev–Trinajstić information content (AvgIpc) is 3.03. The van der Waals surface area contributed by atoms with Gasteiger partial charge in [-0.3, -0.25) is 4.79 Å². The summed E-state index contributed by atoms with van der Waals surface area (Å²) in [4.78, 5) is 24.8. The van der Waals surface area contributed by atoms with Crippen LogP contribution in [0.2, 0.25) is 0 Å². The Bertz CT molecular complexity index is 501. The molecule has 1 fully saturated rings. The number of ether oxygens (including phenoxy) is 1. The molecular formula is C19H32N2O3. The molecule has 0 aromatic heterocycles. The van der Waals surface area contributed by atoms with Crippen LogP contribution in [0, 0.1) is 0 Å². The van der Waals surface area contributed by atoms with Gasteiger partial charge >= 0.3 is 6.09 Å². The molecule has 0 saturated carbocycles. The molecule has 2 N–H and O–H groups in total. The summed E-state index contributed by atoms with van der Waals surface area (Å²) in [7, 11) is 0. The SMILES string of the molecule is CC.CC(C)(c1ccccc1)[C@H](N)C(=O)N1CCOC1=O.CCC.